The molecule has 2 aromatic carbocycles. The largest absolute Gasteiger partial charge is 0.457 e. The zero-order valence-corrected chi connectivity index (χ0v) is 15.7. The Kier molecular flexibility index (Phi) is 6.04. The molecule has 4 nitrogen and oxygen atoms in total. The Labute approximate surface area is 158 Å². The minimum absolute atomic E-state index is 0.106. The molecule has 1 heterocycles. The summed E-state index contributed by atoms with van der Waals surface area (Å²) in [5.74, 6) is 1.28. The number of para-hydroxylation sites is 1. The van der Waals surface area contributed by atoms with Crippen molar-refractivity contribution in [3.8, 4) is 11.5 Å². The standard InChI is InChI=1S/C21H22N2O2S/c1-23(2)20(17-11-12-26-15-17)14-22-21(24)16-7-6-10-19(13-16)25-18-8-4-3-5-9-18/h3-13,15,20H,14H2,1-2H3,(H,22,24). The summed E-state index contributed by atoms with van der Waals surface area (Å²) in [6.07, 6.45) is 0. The van der Waals surface area contributed by atoms with Crippen molar-refractivity contribution in [2.24, 2.45) is 0 Å². The van der Waals surface area contributed by atoms with Crippen molar-refractivity contribution >= 4 is 17.2 Å². The Morgan fingerprint density at radius 3 is 2.54 bits per heavy atom. The maximum absolute atomic E-state index is 12.6. The summed E-state index contributed by atoms with van der Waals surface area (Å²) in [4.78, 5) is 14.7. The minimum Gasteiger partial charge on any atom is -0.457 e. The van der Waals surface area contributed by atoms with Crippen molar-refractivity contribution < 1.29 is 9.53 Å². The third-order valence-electron chi connectivity index (χ3n) is 4.08. The van der Waals surface area contributed by atoms with Gasteiger partial charge in [-0.1, -0.05) is 24.3 Å². The van der Waals surface area contributed by atoms with Gasteiger partial charge in [0.15, 0.2) is 0 Å². The van der Waals surface area contributed by atoms with Gasteiger partial charge >= 0.3 is 0 Å². The third-order valence-corrected chi connectivity index (χ3v) is 4.78. The van der Waals surface area contributed by atoms with E-state index < -0.39 is 0 Å². The summed E-state index contributed by atoms with van der Waals surface area (Å²) in [5, 5.41) is 7.20. The van der Waals surface area contributed by atoms with Gasteiger partial charge in [-0.15, -0.1) is 0 Å². The van der Waals surface area contributed by atoms with Gasteiger partial charge in [-0.05, 0) is 66.8 Å². The fourth-order valence-electron chi connectivity index (χ4n) is 2.68. The molecule has 0 saturated heterocycles. The first-order valence-electron chi connectivity index (χ1n) is 8.43. The molecule has 1 N–H and O–H groups in total. The highest BCUT2D eigenvalue weighted by molar-refractivity contribution is 7.07. The second-order valence-corrected chi connectivity index (χ2v) is 6.97. The van der Waals surface area contributed by atoms with Crippen molar-refractivity contribution in [1.29, 1.82) is 0 Å². The zero-order valence-electron chi connectivity index (χ0n) is 14.9. The number of likely N-dealkylation sites (N-methyl/N-ethyl adjacent to an activating group) is 1. The number of amides is 1. The predicted molar refractivity (Wildman–Crippen MR) is 106 cm³/mol. The van der Waals surface area contributed by atoms with Crippen LogP contribution in [0.1, 0.15) is 22.0 Å². The molecule has 0 radical (unpaired) electrons. The van der Waals surface area contributed by atoms with Gasteiger partial charge in [0.2, 0.25) is 0 Å². The van der Waals surface area contributed by atoms with E-state index >= 15 is 0 Å². The summed E-state index contributed by atoms with van der Waals surface area (Å²) in [6, 6.07) is 19.0. The van der Waals surface area contributed by atoms with E-state index in [1.165, 1.54) is 5.56 Å². The van der Waals surface area contributed by atoms with Gasteiger partial charge < -0.3 is 15.0 Å². The molecule has 1 aromatic heterocycles. The fourth-order valence-corrected chi connectivity index (χ4v) is 3.39. The monoisotopic (exact) mass is 366 g/mol. The predicted octanol–water partition coefficient (Wildman–Crippen LogP) is 4.57. The van der Waals surface area contributed by atoms with Crippen molar-refractivity contribution in [1.82, 2.24) is 10.2 Å². The number of nitrogens with one attached hydrogen (secondary N) is 1. The minimum atomic E-state index is -0.106. The van der Waals surface area contributed by atoms with Crippen LogP contribution in [-0.2, 0) is 0 Å². The van der Waals surface area contributed by atoms with E-state index in [9.17, 15) is 4.79 Å². The molecule has 0 fully saturated rings. The topological polar surface area (TPSA) is 41.6 Å². The molecule has 0 aliphatic heterocycles. The number of carbonyl (C=O) groups excluding carboxylic acids is 1. The molecule has 1 atom stereocenters. The average Bonchev–Trinajstić information content (AvgIpc) is 3.17. The molecule has 0 bridgehead atoms. The summed E-state index contributed by atoms with van der Waals surface area (Å²) < 4.78 is 5.81. The van der Waals surface area contributed by atoms with E-state index in [1.807, 2.05) is 56.6 Å². The molecule has 3 rings (SSSR count). The highest BCUT2D eigenvalue weighted by Gasteiger charge is 2.16. The van der Waals surface area contributed by atoms with Gasteiger partial charge in [0.05, 0.1) is 6.04 Å². The van der Waals surface area contributed by atoms with Gasteiger partial charge in [0.1, 0.15) is 11.5 Å². The van der Waals surface area contributed by atoms with Gasteiger partial charge in [-0.3, -0.25) is 4.79 Å². The van der Waals surface area contributed by atoms with Gasteiger partial charge in [0.25, 0.3) is 5.91 Å². The molecule has 1 unspecified atom stereocenters. The van der Waals surface area contributed by atoms with Crippen LogP contribution in [0.25, 0.3) is 0 Å². The van der Waals surface area contributed by atoms with E-state index in [-0.39, 0.29) is 11.9 Å². The second kappa shape index (κ2) is 8.65. The van der Waals surface area contributed by atoms with Crippen molar-refractivity contribution in [3.63, 3.8) is 0 Å². The molecule has 3 aromatic rings. The maximum atomic E-state index is 12.6. The van der Waals surface area contributed by atoms with Crippen LogP contribution in [0, 0.1) is 0 Å². The van der Waals surface area contributed by atoms with E-state index in [1.54, 1.807) is 23.5 Å². The summed E-state index contributed by atoms with van der Waals surface area (Å²) in [7, 11) is 4.03. The Bertz CT molecular complexity index is 832. The lowest BCUT2D eigenvalue weighted by molar-refractivity contribution is 0.0941. The molecule has 26 heavy (non-hydrogen) atoms. The highest BCUT2D eigenvalue weighted by atomic mass is 32.1. The second-order valence-electron chi connectivity index (χ2n) is 6.19. The van der Waals surface area contributed by atoms with Gasteiger partial charge in [0, 0.05) is 12.1 Å². The summed E-state index contributed by atoms with van der Waals surface area (Å²) in [6.45, 7) is 0.548. The van der Waals surface area contributed by atoms with Crippen LogP contribution < -0.4 is 10.1 Å². The van der Waals surface area contributed by atoms with Crippen molar-refractivity contribution in [2.45, 2.75) is 6.04 Å². The third kappa shape index (κ3) is 4.71. The van der Waals surface area contributed by atoms with Crippen molar-refractivity contribution in [3.05, 3.63) is 82.6 Å². The molecule has 0 saturated carbocycles. The number of rotatable bonds is 7. The van der Waals surface area contributed by atoms with Crippen LogP contribution in [0.3, 0.4) is 0 Å². The van der Waals surface area contributed by atoms with Crippen LogP contribution in [0.15, 0.2) is 71.4 Å². The molecule has 1 amide bonds. The van der Waals surface area contributed by atoms with E-state index in [2.05, 4.69) is 27.0 Å². The zero-order chi connectivity index (χ0) is 18.4. The SMILES string of the molecule is CN(C)C(CNC(=O)c1cccc(Oc2ccccc2)c1)c1ccsc1. The Morgan fingerprint density at radius 1 is 1.08 bits per heavy atom. The molecule has 5 heteroatoms. The number of hydrogen-bond acceptors (Lipinski definition) is 4. The number of carbonyl (C=O) groups is 1. The number of benzene rings is 2. The molecule has 0 aliphatic carbocycles. The number of hydrogen-bond donors (Lipinski definition) is 1. The van der Waals surface area contributed by atoms with Crippen LogP contribution >= 0.6 is 11.3 Å². The average molecular weight is 366 g/mol. The molecule has 0 spiro atoms. The number of thiophene rings is 1. The lowest BCUT2D eigenvalue weighted by Crippen LogP contribution is -2.34. The van der Waals surface area contributed by atoms with Crippen LogP contribution in [0.4, 0.5) is 0 Å². The lowest BCUT2D eigenvalue weighted by Gasteiger charge is -2.24. The van der Waals surface area contributed by atoms with E-state index in [0.29, 0.717) is 17.9 Å². The molecular formula is C21H22N2O2S. The molecular weight excluding hydrogens is 344 g/mol. The quantitative estimate of drug-likeness (QED) is 0.666. The first-order valence-corrected chi connectivity index (χ1v) is 9.37. The Hall–Kier alpha value is -2.63. The number of ether oxygens (including phenoxy) is 1. The molecule has 134 valence electrons. The number of nitrogens with zero attached hydrogens (tertiary/aromatic N) is 1. The first-order chi connectivity index (χ1) is 12.6. The first kappa shape index (κ1) is 18.2. The van der Waals surface area contributed by atoms with Crippen LogP contribution in [0.2, 0.25) is 0 Å². The van der Waals surface area contributed by atoms with Crippen molar-refractivity contribution in [2.75, 3.05) is 20.6 Å². The summed E-state index contributed by atoms with van der Waals surface area (Å²) >= 11 is 1.66. The normalized spacial score (nSPS) is 12.0. The lowest BCUT2D eigenvalue weighted by atomic mass is 10.1. The fraction of sp³-hybridized carbons (Fsp3) is 0.190. The van der Waals surface area contributed by atoms with Crippen LogP contribution in [0.5, 0.6) is 11.5 Å². The van der Waals surface area contributed by atoms with E-state index in [0.717, 1.165) is 5.75 Å². The molecule has 0 aliphatic rings. The van der Waals surface area contributed by atoms with Gasteiger partial charge in [-0.25, -0.2) is 0 Å². The van der Waals surface area contributed by atoms with E-state index in [4.69, 9.17) is 4.74 Å². The summed E-state index contributed by atoms with van der Waals surface area (Å²) in [5.41, 5.74) is 1.79. The van der Waals surface area contributed by atoms with Crippen LogP contribution in [-0.4, -0.2) is 31.4 Å². The Balaban J connectivity index is 1.65. The van der Waals surface area contributed by atoms with Gasteiger partial charge in [-0.2, -0.15) is 11.3 Å². The smallest absolute Gasteiger partial charge is 0.251 e. The maximum Gasteiger partial charge on any atom is 0.251 e. The Morgan fingerprint density at radius 2 is 1.85 bits per heavy atom. The highest BCUT2D eigenvalue weighted by Crippen LogP contribution is 2.23.